The minimum atomic E-state index is -0.187. The molecule has 0 aliphatic rings. The SMILES string of the molecule is Cc1ccc(CN(Cc2ccccc2)C(=O)CN(CC(C)C)C(=O)COc2ccccc2)s1. The van der Waals surface area contributed by atoms with Gasteiger partial charge in [-0.15, -0.1) is 11.3 Å². The van der Waals surface area contributed by atoms with E-state index in [-0.39, 0.29) is 30.9 Å². The first-order valence-electron chi connectivity index (χ1n) is 11.2. The first-order chi connectivity index (χ1) is 15.9. The lowest BCUT2D eigenvalue weighted by atomic mass is 10.2. The minimum Gasteiger partial charge on any atom is -0.484 e. The second kappa shape index (κ2) is 12.2. The average molecular weight is 465 g/mol. The Kier molecular flexibility index (Phi) is 9.07. The molecule has 1 heterocycles. The van der Waals surface area contributed by atoms with Crippen LogP contribution in [-0.2, 0) is 22.7 Å². The van der Waals surface area contributed by atoms with Crippen LogP contribution in [0.5, 0.6) is 5.75 Å². The van der Waals surface area contributed by atoms with E-state index in [0.717, 1.165) is 10.4 Å². The molecule has 0 N–H and O–H groups in total. The monoisotopic (exact) mass is 464 g/mol. The second-order valence-electron chi connectivity index (χ2n) is 8.52. The van der Waals surface area contributed by atoms with E-state index in [1.807, 2.05) is 79.4 Å². The van der Waals surface area contributed by atoms with Crippen LogP contribution >= 0.6 is 11.3 Å². The summed E-state index contributed by atoms with van der Waals surface area (Å²) in [6.45, 7) is 7.61. The number of para-hydroxylation sites is 1. The Morgan fingerprint density at radius 3 is 2.12 bits per heavy atom. The molecule has 1 aromatic heterocycles. The van der Waals surface area contributed by atoms with E-state index < -0.39 is 0 Å². The van der Waals surface area contributed by atoms with Crippen molar-refractivity contribution >= 4 is 23.2 Å². The number of thiophene rings is 1. The van der Waals surface area contributed by atoms with Gasteiger partial charge in [-0.05, 0) is 42.7 Å². The van der Waals surface area contributed by atoms with E-state index in [0.29, 0.717) is 25.4 Å². The molecular weight excluding hydrogens is 432 g/mol. The number of amides is 2. The Hall–Kier alpha value is -3.12. The van der Waals surface area contributed by atoms with Gasteiger partial charge in [0.05, 0.1) is 13.1 Å². The van der Waals surface area contributed by atoms with Crippen molar-refractivity contribution in [3.05, 3.63) is 88.1 Å². The summed E-state index contributed by atoms with van der Waals surface area (Å²) in [7, 11) is 0. The van der Waals surface area contributed by atoms with Gasteiger partial charge in [-0.1, -0.05) is 62.4 Å². The minimum absolute atomic E-state index is 0.0341. The third kappa shape index (κ3) is 8.06. The van der Waals surface area contributed by atoms with Crippen molar-refractivity contribution in [2.24, 2.45) is 5.92 Å². The molecule has 3 aromatic rings. The maximum Gasteiger partial charge on any atom is 0.260 e. The van der Waals surface area contributed by atoms with Crippen LogP contribution in [0.2, 0.25) is 0 Å². The fourth-order valence-corrected chi connectivity index (χ4v) is 4.41. The van der Waals surface area contributed by atoms with Gasteiger partial charge in [0.25, 0.3) is 5.91 Å². The largest absolute Gasteiger partial charge is 0.484 e. The molecule has 0 saturated heterocycles. The topological polar surface area (TPSA) is 49.9 Å². The van der Waals surface area contributed by atoms with Gasteiger partial charge in [0.15, 0.2) is 6.61 Å². The van der Waals surface area contributed by atoms with Crippen molar-refractivity contribution in [1.82, 2.24) is 9.80 Å². The highest BCUT2D eigenvalue weighted by molar-refractivity contribution is 7.11. The first kappa shape index (κ1) is 24.5. The molecule has 0 unspecified atom stereocenters. The van der Waals surface area contributed by atoms with E-state index in [4.69, 9.17) is 4.74 Å². The normalized spacial score (nSPS) is 10.8. The highest BCUT2D eigenvalue weighted by Crippen LogP contribution is 2.19. The lowest BCUT2D eigenvalue weighted by molar-refractivity contribution is -0.142. The smallest absolute Gasteiger partial charge is 0.260 e. The number of benzene rings is 2. The van der Waals surface area contributed by atoms with Crippen LogP contribution in [0, 0.1) is 12.8 Å². The lowest BCUT2D eigenvalue weighted by Crippen LogP contribution is -2.45. The van der Waals surface area contributed by atoms with Crippen molar-refractivity contribution in [3.63, 3.8) is 0 Å². The molecule has 33 heavy (non-hydrogen) atoms. The Bertz CT molecular complexity index is 1020. The van der Waals surface area contributed by atoms with Crippen molar-refractivity contribution in [1.29, 1.82) is 0 Å². The van der Waals surface area contributed by atoms with E-state index >= 15 is 0 Å². The Morgan fingerprint density at radius 1 is 0.848 bits per heavy atom. The average Bonchev–Trinajstić information content (AvgIpc) is 3.22. The summed E-state index contributed by atoms with van der Waals surface area (Å²) in [6.07, 6.45) is 0. The molecule has 2 aromatic carbocycles. The van der Waals surface area contributed by atoms with Crippen molar-refractivity contribution < 1.29 is 14.3 Å². The number of hydrogen-bond acceptors (Lipinski definition) is 4. The molecule has 174 valence electrons. The zero-order valence-electron chi connectivity index (χ0n) is 19.6. The second-order valence-corrected chi connectivity index (χ2v) is 9.89. The van der Waals surface area contributed by atoms with Crippen LogP contribution in [0.4, 0.5) is 0 Å². The van der Waals surface area contributed by atoms with Crippen LogP contribution in [0.3, 0.4) is 0 Å². The van der Waals surface area contributed by atoms with Crippen LogP contribution in [-0.4, -0.2) is 41.3 Å². The molecular formula is C27H32N2O3S. The van der Waals surface area contributed by atoms with E-state index in [9.17, 15) is 9.59 Å². The van der Waals surface area contributed by atoms with Gasteiger partial charge in [-0.2, -0.15) is 0 Å². The maximum atomic E-state index is 13.4. The number of ether oxygens (including phenoxy) is 1. The third-order valence-electron chi connectivity index (χ3n) is 5.08. The Balaban J connectivity index is 1.71. The maximum absolute atomic E-state index is 13.4. The molecule has 6 heteroatoms. The van der Waals surface area contributed by atoms with Crippen molar-refractivity contribution in [3.8, 4) is 5.75 Å². The number of carbonyl (C=O) groups is 2. The number of hydrogen-bond donors (Lipinski definition) is 0. The van der Waals surface area contributed by atoms with Gasteiger partial charge < -0.3 is 14.5 Å². The highest BCUT2D eigenvalue weighted by atomic mass is 32.1. The van der Waals surface area contributed by atoms with Gasteiger partial charge in [0.1, 0.15) is 5.75 Å². The number of rotatable bonds is 11. The molecule has 5 nitrogen and oxygen atoms in total. The standard InChI is InChI=1S/C27H32N2O3S/c1-21(2)16-28(27(31)20-32-24-12-8-5-9-13-24)19-26(30)29(17-23-10-6-4-7-11-23)18-25-15-14-22(3)33-25/h4-15,21H,16-20H2,1-3H3. The Morgan fingerprint density at radius 2 is 1.52 bits per heavy atom. The van der Waals surface area contributed by atoms with Crippen LogP contribution in [0.25, 0.3) is 0 Å². The lowest BCUT2D eigenvalue weighted by Gasteiger charge is -2.28. The zero-order valence-corrected chi connectivity index (χ0v) is 20.4. The molecule has 0 bridgehead atoms. The summed E-state index contributed by atoms with van der Waals surface area (Å²) < 4.78 is 5.65. The summed E-state index contributed by atoms with van der Waals surface area (Å²) in [4.78, 5) is 32.2. The molecule has 0 atom stereocenters. The summed E-state index contributed by atoms with van der Waals surface area (Å²) >= 11 is 1.69. The molecule has 2 amide bonds. The number of aryl methyl sites for hydroxylation is 1. The predicted molar refractivity (Wildman–Crippen MR) is 133 cm³/mol. The molecule has 0 fully saturated rings. The van der Waals surface area contributed by atoms with Crippen LogP contribution < -0.4 is 4.74 Å². The molecule has 0 aliphatic carbocycles. The molecule has 0 saturated carbocycles. The Labute approximate surface area is 200 Å². The van der Waals surface area contributed by atoms with Crippen LogP contribution in [0.1, 0.15) is 29.2 Å². The van der Waals surface area contributed by atoms with Gasteiger partial charge in [-0.25, -0.2) is 0 Å². The van der Waals surface area contributed by atoms with E-state index in [1.54, 1.807) is 16.2 Å². The van der Waals surface area contributed by atoms with Gasteiger partial charge in [0.2, 0.25) is 5.91 Å². The summed E-state index contributed by atoms with van der Waals surface area (Å²) in [6, 6.07) is 23.3. The summed E-state index contributed by atoms with van der Waals surface area (Å²) in [5, 5.41) is 0. The van der Waals surface area contributed by atoms with Gasteiger partial charge >= 0.3 is 0 Å². The molecule has 0 aliphatic heterocycles. The fraction of sp³-hybridized carbons (Fsp3) is 0.333. The third-order valence-corrected chi connectivity index (χ3v) is 6.07. The highest BCUT2D eigenvalue weighted by Gasteiger charge is 2.23. The predicted octanol–water partition coefficient (Wildman–Crippen LogP) is 5.15. The summed E-state index contributed by atoms with van der Waals surface area (Å²) in [5.74, 6) is 0.618. The van der Waals surface area contributed by atoms with Crippen molar-refractivity contribution in [2.75, 3.05) is 19.7 Å². The molecule has 0 spiro atoms. The van der Waals surface area contributed by atoms with E-state index in [2.05, 4.69) is 19.1 Å². The molecule has 0 radical (unpaired) electrons. The van der Waals surface area contributed by atoms with Gasteiger partial charge in [0, 0.05) is 22.8 Å². The number of carbonyl (C=O) groups excluding carboxylic acids is 2. The summed E-state index contributed by atoms with van der Waals surface area (Å²) in [5.41, 5.74) is 1.06. The molecule has 3 rings (SSSR count). The van der Waals surface area contributed by atoms with Crippen molar-refractivity contribution in [2.45, 2.75) is 33.9 Å². The van der Waals surface area contributed by atoms with Gasteiger partial charge in [-0.3, -0.25) is 9.59 Å². The van der Waals surface area contributed by atoms with Crippen LogP contribution in [0.15, 0.2) is 72.8 Å². The zero-order chi connectivity index (χ0) is 23.6. The fourth-order valence-electron chi connectivity index (χ4n) is 3.51. The first-order valence-corrected chi connectivity index (χ1v) is 12.0. The number of nitrogens with zero attached hydrogens (tertiary/aromatic N) is 2. The van der Waals surface area contributed by atoms with E-state index in [1.165, 1.54) is 4.88 Å². The quantitative estimate of drug-likeness (QED) is 0.394.